The standard InChI is InChI=1S/C24H30N2O2S/c1-17(16-26-24(27)20-9-3-4-11-23(20)29-26)25-14-6-7-18-12-13-19-8-5-10-22(28-2)21(19)15-18/h3-5,8-11,17-18,25H,6-7,12-16H2,1-2H3. The van der Waals surface area contributed by atoms with Crippen molar-refractivity contribution in [3.05, 3.63) is 63.9 Å². The number of ether oxygens (including phenoxy) is 1. The summed E-state index contributed by atoms with van der Waals surface area (Å²) in [4.78, 5) is 12.5. The molecule has 1 aromatic heterocycles. The van der Waals surface area contributed by atoms with Crippen LogP contribution in [0.3, 0.4) is 0 Å². The molecular weight excluding hydrogens is 380 g/mol. The molecule has 0 spiro atoms. The van der Waals surface area contributed by atoms with E-state index in [0.717, 1.165) is 47.7 Å². The first-order valence-corrected chi connectivity index (χ1v) is 11.4. The Bertz CT molecular complexity index is 1010. The Morgan fingerprint density at radius 1 is 1.24 bits per heavy atom. The van der Waals surface area contributed by atoms with Gasteiger partial charge in [-0.25, -0.2) is 0 Å². The first kappa shape index (κ1) is 20.2. The Morgan fingerprint density at radius 2 is 2.10 bits per heavy atom. The summed E-state index contributed by atoms with van der Waals surface area (Å²) in [6.07, 6.45) is 5.97. The van der Waals surface area contributed by atoms with Crippen molar-refractivity contribution >= 4 is 21.6 Å². The molecule has 3 aromatic rings. The van der Waals surface area contributed by atoms with E-state index in [-0.39, 0.29) is 11.6 Å². The van der Waals surface area contributed by atoms with Gasteiger partial charge >= 0.3 is 0 Å². The number of aryl methyl sites for hydroxylation is 1. The highest BCUT2D eigenvalue weighted by Gasteiger charge is 2.21. The number of fused-ring (bicyclic) bond motifs is 2. The maximum absolute atomic E-state index is 12.5. The zero-order valence-corrected chi connectivity index (χ0v) is 18.1. The summed E-state index contributed by atoms with van der Waals surface area (Å²) >= 11 is 1.56. The lowest BCUT2D eigenvalue weighted by Crippen LogP contribution is -2.33. The van der Waals surface area contributed by atoms with Gasteiger partial charge in [0.15, 0.2) is 0 Å². The van der Waals surface area contributed by atoms with Crippen molar-refractivity contribution < 1.29 is 4.74 Å². The fraction of sp³-hybridized carbons (Fsp3) is 0.458. The highest BCUT2D eigenvalue weighted by atomic mass is 32.1. The zero-order chi connectivity index (χ0) is 20.2. The predicted molar refractivity (Wildman–Crippen MR) is 121 cm³/mol. The van der Waals surface area contributed by atoms with Crippen LogP contribution in [0.25, 0.3) is 10.1 Å². The maximum atomic E-state index is 12.5. The molecule has 0 amide bonds. The van der Waals surface area contributed by atoms with Crippen molar-refractivity contribution in [1.82, 2.24) is 9.27 Å². The number of aromatic nitrogens is 1. The van der Waals surface area contributed by atoms with Gasteiger partial charge in [-0.2, -0.15) is 0 Å². The Hall–Kier alpha value is -2.11. The molecule has 0 fully saturated rings. The largest absolute Gasteiger partial charge is 0.496 e. The lowest BCUT2D eigenvalue weighted by molar-refractivity contribution is 0.372. The van der Waals surface area contributed by atoms with E-state index in [1.54, 1.807) is 18.6 Å². The molecule has 4 nitrogen and oxygen atoms in total. The third kappa shape index (κ3) is 4.57. The number of hydrogen-bond donors (Lipinski definition) is 1. The summed E-state index contributed by atoms with van der Waals surface area (Å²) in [6, 6.07) is 14.6. The molecule has 1 aliphatic rings. The SMILES string of the molecule is COc1cccc2c1CC(CCCNC(C)Cn1sc3ccccc3c1=O)CC2. The molecular formula is C24H30N2O2S. The highest BCUT2D eigenvalue weighted by molar-refractivity contribution is 7.13. The van der Waals surface area contributed by atoms with Crippen LogP contribution < -0.4 is 15.6 Å². The minimum absolute atomic E-state index is 0.133. The van der Waals surface area contributed by atoms with E-state index in [4.69, 9.17) is 4.74 Å². The topological polar surface area (TPSA) is 43.3 Å². The van der Waals surface area contributed by atoms with E-state index >= 15 is 0 Å². The lowest BCUT2D eigenvalue weighted by atomic mass is 9.81. The van der Waals surface area contributed by atoms with Crippen LogP contribution in [-0.2, 0) is 19.4 Å². The van der Waals surface area contributed by atoms with Crippen molar-refractivity contribution in [2.45, 2.75) is 51.6 Å². The van der Waals surface area contributed by atoms with Crippen LogP contribution in [0.4, 0.5) is 0 Å². The highest BCUT2D eigenvalue weighted by Crippen LogP contribution is 2.33. The minimum Gasteiger partial charge on any atom is -0.496 e. The summed E-state index contributed by atoms with van der Waals surface area (Å²) in [5, 5.41) is 4.44. The van der Waals surface area contributed by atoms with E-state index in [1.165, 1.54) is 30.4 Å². The van der Waals surface area contributed by atoms with Crippen molar-refractivity contribution in [3.63, 3.8) is 0 Å². The quantitative estimate of drug-likeness (QED) is 0.551. The van der Waals surface area contributed by atoms with Crippen molar-refractivity contribution in [3.8, 4) is 5.75 Å². The van der Waals surface area contributed by atoms with Crippen LogP contribution in [-0.4, -0.2) is 23.7 Å². The molecule has 0 bridgehead atoms. The van der Waals surface area contributed by atoms with Crippen LogP contribution in [0.2, 0.25) is 0 Å². The summed E-state index contributed by atoms with van der Waals surface area (Å²) in [6.45, 7) is 3.89. The Balaban J connectivity index is 1.24. The van der Waals surface area contributed by atoms with Crippen molar-refractivity contribution in [2.24, 2.45) is 5.92 Å². The van der Waals surface area contributed by atoms with E-state index in [0.29, 0.717) is 0 Å². The fourth-order valence-corrected chi connectivity index (χ4v) is 5.57. The predicted octanol–water partition coefficient (Wildman–Crippen LogP) is 4.64. The number of nitrogens with zero attached hydrogens (tertiary/aromatic N) is 1. The summed E-state index contributed by atoms with van der Waals surface area (Å²) in [7, 11) is 1.77. The Morgan fingerprint density at radius 3 is 2.93 bits per heavy atom. The molecule has 29 heavy (non-hydrogen) atoms. The summed E-state index contributed by atoms with van der Waals surface area (Å²) in [5.41, 5.74) is 3.01. The Labute approximate surface area is 176 Å². The first-order chi connectivity index (χ1) is 14.2. The second-order valence-corrected chi connectivity index (χ2v) is 9.22. The van der Waals surface area contributed by atoms with Crippen LogP contribution in [0, 0.1) is 5.92 Å². The third-order valence-corrected chi connectivity index (χ3v) is 7.13. The number of benzene rings is 2. The van der Waals surface area contributed by atoms with E-state index in [9.17, 15) is 4.79 Å². The molecule has 2 atom stereocenters. The van der Waals surface area contributed by atoms with Gasteiger partial charge in [-0.3, -0.25) is 8.75 Å². The minimum atomic E-state index is 0.133. The molecule has 2 unspecified atom stereocenters. The smallest absolute Gasteiger partial charge is 0.268 e. The average molecular weight is 411 g/mol. The zero-order valence-electron chi connectivity index (χ0n) is 17.3. The fourth-order valence-electron chi connectivity index (χ4n) is 4.46. The molecule has 0 saturated heterocycles. The van der Waals surface area contributed by atoms with Gasteiger partial charge in [0.05, 0.1) is 23.7 Å². The molecule has 1 N–H and O–H groups in total. The number of hydrogen-bond acceptors (Lipinski definition) is 4. The van der Waals surface area contributed by atoms with E-state index in [1.807, 2.05) is 28.2 Å². The molecule has 1 aliphatic carbocycles. The number of methoxy groups -OCH3 is 1. The molecule has 5 heteroatoms. The molecule has 0 saturated carbocycles. The van der Waals surface area contributed by atoms with Gasteiger partial charge in [0, 0.05) is 6.04 Å². The van der Waals surface area contributed by atoms with Crippen LogP contribution >= 0.6 is 11.5 Å². The molecule has 154 valence electrons. The van der Waals surface area contributed by atoms with Crippen LogP contribution in [0.1, 0.15) is 37.3 Å². The maximum Gasteiger partial charge on any atom is 0.268 e. The van der Waals surface area contributed by atoms with Crippen molar-refractivity contribution in [1.29, 1.82) is 0 Å². The van der Waals surface area contributed by atoms with Gasteiger partial charge in [0.2, 0.25) is 0 Å². The normalized spacial score (nSPS) is 17.2. The molecule has 1 heterocycles. The van der Waals surface area contributed by atoms with Crippen molar-refractivity contribution in [2.75, 3.05) is 13.7 Å². The second-order valence-electron chi connectivity index (χ2n) is 8.16. The first-order valence-electron chi connectivity index (χ1n) is 10.6. The number of nitrogens with one attached hydrogen (secondary N) is 1. The second kappa shape index (κ2) is 9.14. The van der Waals surface area contributed by atoms with Gasteiger partial charge in [-0.15, -0.1) is 0 Å². The molecule has 0 radical (unpaired) electrons. The lowest BCUT2D eigenvalue weighted by Gasteiger charge is -2.26. The van der Waals surface area contributed by atoms with Crippen LogP contribution in [0.5, 0.6) is 5.75 Å². The average Bonchev–Trinajstić information content (AvgIpc) is 3.06. The molecule has 0 aliphatic heterocycles. The van der Waals surface area contributed by atoms with Gasteiger partial charge in [-0.1, -0.05) is 35.8 Å². The van der Waals surface area contributed by atoms with Gasteiger partial charge in [0.25, 0.3) is 5.56 Å². The van der Waals surface area contributed by atoms with Gasteiger partial charge in [0.1, 0.15) is 5.75 Å². The van der Waals surface area contributed by atoms with Gasteiger partial charge in [-0.05, 0) is 80.8 Å². The van der Waals surface area contributed by atoms with Crippen LogP contribution in [0.15, 0.2) is 47.3 Å². The van der Waals surface area contributed by atoms with E-state index in [2.05, 4.69) is 30.4 Å². The molecule has 2 aromatic carbocycles. The van der Waals surface area contributed by atoms with E-state index < -0.39 is 0 Å². The summed E-state index contributed by atoms with van der Waals surface area (Å²) in [5.74, 6) is 1.79. The van der Waals surface area contributed by atoms with Gasteiger partial charge < -0.3 is 10.1 Å². The molecule has 4 rings (SSSR count). The monoisotopic (exact) mass is 410 g/mol. The third-order valence-electron chi connectivity index (χ3n) is 6.04. The number of rotatable bonds is 8. The summed E-state index contributed by atoms with van der Waals surface area (Å²) < 4.78 is 8.52. The Kier molecular flexibility index (Phi) is 6.36.